The molecule has 1 aliphatic carbocycles. The molecule has 0 unspecified atom stereocenters. The molecule has 0 saturated heterocycles. The first-order valence-corrected chi connectivity index (χ1v) is 7.73. The number of nitrogens with zero attached hydrogens (tertiary/aromatic N) is 1. The summed E-state index contributed by atoms with van der Waals surface area (Å²) >= 11 is 6.04. The van der Waals surface area contributed by atoms with Crippen molar-refractivity contribution >= 4 is 29.1 Å². The van der Waals surface area contributed by atoms with Gasteiger partial charge in [0.05, 0.1) is 10.7 Å². The number of anilines is 1. The normalized spacial score (nSPS) is 14.8. The van der Waals surface area contributed by atoms with Gasteiger partial charge in [-0.1, -0.05) is 29.8 Å². The van der Waals surface area contributed by atoms with E-state index < -0.39 is 5.41 Å². The molecule has 2 N–H and O–H groups in total. The van der Waals surface area contributed by atoms with E-state index >= 15 is 0 Å². The van der Waals surface area contributed by atoms with Crippen molar-refractivity contribution in [1.82, 2.24) is 10.3 Å². The molecule has 1 aromatic carbocycles. The maximum absolute atomic E-state index is 12.5. The van der Waals surface area contributed by atoms with Crippen LogP contribution < -0.4 is 10.6 Å². The van der Waals surface area contributed by atoms with Gasteiger partial charge in [-0.15, -0.1) is 0 Å². The van der Waals surface area contributed by atoms with Gasteiger partial charge >= 0.3 is 0 Å². The molecule has 1 saturated carbocycles. The van der Waals surface area contributed by atoms with E-state index in [2.05, 4.69) is 15.6 Å². The molecule has 118 valence electrons. The molecule has 0 aliphatic heterocycles. The molecule has 23 heavy (non-hydrogen) atoms. The van der Waals surface area contributed by atoms with Crippen LogP contribution in [0.15, 0.2) is 48.8 Å². The van der Waals surface area contributed by atoms with Crippen LogP contribution in [0.2, 0.25) is 5.02 Å². The van der Waals surface area contributed by atoms with Crippen LogP contribution in [0.4, 0.5) is 5.69 Å². The van der Waals surface area contributed by atoms with Gasteiger partial charge in [0.2, 0.25) is 11.8 Å². The molecule has 3 rings (SSSR count). The summed E-state index contributed by atoms with van der Waals surface area (Å²) in [5.74, 6) is -0.569. The summed E-state index contributed by atoms with van der Waals surface area (Å²) in [6.45, 7) is 0.355. The molecule has 1 fully saturated rings. The van der Waals surface area contributed by atoms with Crippen LogP contribution in [0.25, 0.3) is 0 Å². The fourth-order valence-corrected chi connectivity index (χ4v) is 2.52. The number of pyridine rings is 1. The Morgan fingerprint density at radius 1 is 1.13 bits per heavy atom. The third-order valence-electron chi connectivity index (χ3n) is 3.92. The number of hydrogen-bond acceptors (Lipinski definition) is 3. The molecule has 2 aromatic rings. The van der Waals surface area contributed by atoms with E-state index in [0.717, 1.165) is 5.56 Å². The number of halogens is 1. The van der Waals surface area contributed by atoms with Gasteiger partial charge in [0.1, 0.15) is 5.41 Å². The van der Waals surface area contributed by atoms with Crippen molar-refractivity contribution in [3.05, 3.63) is 59.4 Å². The zero-order valence-corrected chi connectivity index (χ0v) is 13.1. The topological polar surface area (TPSA) is 71.1 Å². The minimum atomic E-state index is -0.985. The minimum absolute atomic E-state index is 0.258. The lowest BCUT2D eigenvalue weighted by molar-refractivity contribution is -0.134. The smallest absolute Gasteiger partial charge is 0.240 e. The van der Waals surface area contributed by atoms with E-state index in [1.54, 1.807) is 42.7 Å². The molecular formula is C17H16ClN3O2. The van der Waals surface area contributed by atoms with Crippen molar-refractivity contribution in [1.29, 1.82) is 0 Å². The summed E-state index contributed by atoms with van der Waals surface area (Å²) in [4.78, 5) is 28.8. The van der Waals surface area contributed by atoms with Crippen molar-refractivity contribution in [2.75, 3.05) is 5.32 Å². The fraction of sp³-hybridized carbons (Fsp3) is 0.235. The standard InChI is InChI=1S/C17H16ClN3O2/c18-13-5-1-2-6-14(13)21-16(23)17(7-8-17)15(22)20-11-12-4-3-9-19-10-12/h1-6,9-10H,7-8,11H2,(H,20,22)(H,21,23). The SMILES string of the molecule is O=C(NCc1cccnc1)C1(C(=O)Nc2ccccc2Cl)CC1. The summed E-state index contributed by atoms with van der Waals surface area (Å²) < 4.78 is 0. The molecule has 0 bridgehead atoms. The monoisotopic (exact) mass is 329 g/mol. The van der Waals surface area contributed by atoms with Gasteiger partial charge in [0.15, 0.2) is 0 Å². The minimum Gasteiger partial charge on any atom is -0.351 e. The Kier molecular flexibility index (Phi) is 4.30. The second-order valence-corrected chi connectivity index (χ2v) is 5.97. The van der Waals surface area contributed by atoms with E-state index in [0.29, 0.717) is 30.1 Å². The number of aromatic nitrogens is 1. The van der Waals surface area contributed by atoms with Gasteiger partial charge in [-0.3, -0.25) is 14.6 Å². The Balaban J connectivity index is 1.63. The van der Waals surface area contributed by atoms with Crippen molar-refractivity contribution in [2.24, 2.45) is 5.41 Å². The summed E-state index contributed by atoms with van der Waals surface area (Å²) in [5.41, 5.74) is 0.426. The van der Waals surface area contributed by atoms with Gasteiger partial charge in [0, 0.05) is 18.9 Å². The molecule has 0 radical (unpaired) electrons. The Morgan fingerprint density at radius 2 is 1.91 bits per heavy atom. The number of hydrogen-bond donors (Lipinski definition) is 2. The Bertz CT molecular complexity index is 730. The Hall–Kier alpha value is -2.40. The first-order chi connectivity index (χ1) is 11.1. The summed E-state index contributed by atoms with van der Waals surface area (Å²) in [6.07, 6.45) is 4.44. The second-order valence-electron chi connectivity index (χ2n) is 5.56. The fourth-order valence-electron chi connectivity index (χ4n) is 2.34. The molecule has 5 nitrogen and oxygen atoms in total. The van der Waals surface area contributed by atoms with E-state index in [9.17, 15) is 9.59 Å². The predicted molar refractivity (Wildman–Crippen MR) is 87.8 cm³/mol. The maximum Gasteiger partial charge on any atom is 0.240 e. The lowest BCUT2D eigenvalue weighted by Crippen LogP contribution is -2.39. The van der Waals surface area contributed by atoms with Gasteiger partial charge in [0.25, 0.3) is 0 Å². The zero-order chi connectivity index (χ0) is 16.3. The highest BCUT2D eigenvalue weighted by Crippen LogP contribution is 2.47. The molecular weight excluding hydrogens is 314 g/mol. The number of rotatable bonds is 5. The van der Waals surface area contributed by atoms with Crippen molar-refractivity contribution in [3.8, 4) is 0 Å². The summed E-state index contributed by atoms with van der Waals surface area (Å²) in [6, 6.07) is 10.6. The average molecular weight is 330 g/mol. The zero-order valence-electron chi connectivity index (χ0n) is 12.4. The van der Waals surface area contributed by atoms with E-state index in [1.165, 1.54) is 0 Å². The lowest BCUT2D eigenvalue weighted by Gasteiger charge is -2.16. The second kappa shape index (κ2) is 6.38. The first-order valence-electron chi connectivity index (χ1n) is 7.35. The van der Waals surface area contributed by atoms with E-state index in [-0.39, 0.29) is 11.8 Å². The maximum atomic E-state index is 12.5. The molecule has 0 spiro atoms. The molecule has 2 amide bonds. The highest BCUT2D eigenvalue weighted by Gasteiger charge is 2.56. The third-order valence-corrected chi connectivity index (χ3v) is 4.25. The summed E-state index contributed by atoms with van der Waals surface area (Å²) in [5, 5.41) is 6.01. The molecule has 1 heterocycles. The Labute approximate surface area is 139 Å². The van der Waals surface area contributed by atoms with Crippen LogP contribution in [0.3, 0.4) is 0 Å². The number of carbonyl (C=O) groups excluding carboxylic acids is 2. The van der Waals surface area contributed by atoms with E-state index in [4.69, 9.17) is 11.6 Å². The predicted octanol–water partition coefficient (Wildman–Crippen LogP) is 2.77. The lowest BCUT2D eigenvalue weighted by atomic mass is 10.0. The Morgan fingerprint density at radius 3 is 2.57 bits per heavy atom. The first kappa shape index (κ1) is 15.5. The van der Waals surface area contributed by atoms with Crippen LogP contribution >= 0.6 is 11.6 Å². The number of amides is 2. The van der Waals surface area contributed by atoms with Gasteiger partial charge in [-0.2, -0.15) is 0 Å². The average Bonchev–Trinajstić information content (AvgIpc) is 3.38. The highest BCUT2D eigenvalue weighted by atomic mass is 35.5. The largest absolute Gasteiger partial charge is 0.351 e. The van der Waals surface area contributed by atoms with Crippen LogP contribution in [0.5, 0.6) is 0 Å². The molecule has 0 atom stereocenters. The molecule has 6 heteroatoms. The summed E-state index contributed by atoms with van der Waals surface area (Å²) in [7, 11) is 0. The molecule has 1 aromatic heterocycles. The number of carbonyl (C=O) groups is 2. The number of nitrogens with one attached hydrogen (secondary N) is 2. The van der Waals surface area contributed by atoms with Crippen LogP contribution in [0, 0.1) is 5.41 Å². The van der Waals surface area contributed by atoms with Gasteiger partial charge in [-0.25, -0.2) is 0 Å². The van der Waals surface area contributed by atoms with Crippen LogP contribution in [-0.2, 0) is 16.1 Å². The quantitative estimate of drug-likeness (QED) is 0.829. The van der Waals surface area contributed by atoms with Crippen LogP contribution in [-0.4, -0.2) is 16.8 Å². The third kappa shape index (κ3) is 3.35. The molecule has 1 aliphatic rings. The number of benzene rings is 1. The van der Waals surface area contributed by atoms with E-state index in [1.807, 2.05) is 6.07 Å². The number of para-hydroxylation sites is 1. The van der Waals surface area contributed by atoms with Gasteiger partial charge in [-0.05, 0) is 36.6 Å². The highest BCUT2D eigenvalue weighted by molar-refractivity contribution is 6.34. The van der Waals surface area contributed by atoms with Crippen molar-refractivity contribution in [3.63, 3.8) is 0 Å². The van der Waals surface area contributed by atoms with Crippen molar-refractivity contribution < 1.29 is 9.59 Å². The van der Waals surface area contributed by atoms with Gasteiger partial charge < -0.3 is 10.6 Å². The van der Waals surface area contributed by atoms with Crippen LogP contribution in [0.1, 0.15) is 18.4 Å². The van der Waals surface area contributed by atoms with Crippen molar-refractivity contribution in [2.45, 2.75) is 19.4 Å².